The summed E-state index contributed by atoms with van der Waals surface area (Å²) in [5.41, 5.74) is 3.76. The van der Waals surface area contributed by atoms with E-state index in [1.807, 2.05) is 12.1 Å². The average Bonchev–Trinajstić information content (AvgIpc) is 2.48. The minimum absolute atomic E-state index is 0.302. The van der Waals surface area contributed by atoms with Gasteiger partial charge in [0.05, 0.1) is 12.6 Å². The molecule has 2 aromatic carbocycles. The number of fused-ring (bicyclic) bond motifs is 1. The van der Waals surface area contributed by atoms with Gasteiger partial charge < -0.3 is 10.1 Å². The van der Waals surface area contributed by atoms with E-state index < -0.39 is 0 Å². The summed E-state index contributed by atoms with van der Waals surface area (Å²) in [4.78, 5) is 0. The normalized spacial score (nSPS) is 17.2. The van der Waals surface area contributed by atoms with Gasteiger partial charge in [0.15, 0.2) is 0 Å². The van der Waals surface area contributed by atoms with Gasteiger partial charge >= 0.3 is 0 Å². The highest BCUT2D eigenvalue weighted by molar-refractivity contribution is 9.10. The van der Waals surface area contributed by atoms with Crippen molar-refractivity contribution in [2.75, 3.05) is 11.9 Å². The van der Waals surface area contributed by atoms with Crippen LogP contribution in [0.3, 0.4) is 0 Å². The van der Waals surface area contributed by atoms with Crippen LogP contribution in [0.5, 0.6) is 5.75 Å². The summed E-state index contributed by atoms with van der Waals surface area (Å²) in [5.74, 6) is 1.56. The largest absolute Gasteiger partial charge is 0.493 e. The standard InChI is InChI=1S/C18H20BrNO/c1-12(2)13-3-6-15(7-4-13)20-17-9-10-21-18-8-5-14(19)11-16(17)18/h3-8,11-12,17,20H,9-10H2,1-2H3. The summed E-state index contributed by atoms with van der Waals surface area (Å²) in [6.07, 6.45) is 0.982. The van der Waals surface area contributed by atoms with Crippen LogP contribution < -0.4 is 10.1 Å². The number of benzene rings is 2. The van der Waals surface area contributed by atoms with Crippen molar-refractivity contribution >= 4 is 21.6 Å². The molecule has 3 rings (SSSR count). The van der Waals surface area contributed by atoms with Crippen molar-refractivity contribution in [3.05, 3.63) is 58.1 Å². The Morgan fingerprint density at radius 2 is 1.90 bits per heavy atom. The predicted octanol–water partition coefficient (Wildman–Crippen LogP) is 5.51. The highest BCUT2D eigenvalue weighted by atomic mass is 79.9. The van der Waals surface area contributed by atoms with E-state index in [0.717, 1.165) is 28.9 Å². The van der Waals surface area contributed by atoms with Gasteiger partial charge in [0.25, 0.3) is 0 Å². The van der Waals surface area contributed by atoms with Gasteiger partial charge in [0.2, 0.25) is 0 Å². The number of hydrogen-bond donors (Lipinski definition) is 1. The number of hydrogen-bond acceptors (Lipinski definition) is 2. The van der Waals surface area contributed by atoms with Crippen molar-refractivity contribution in [1.29, 1.82) is 0 Å². The Morgan fingerprint density at radius 1 is 1.14 bits per heavy atom. The molecule has 0 saturated heterocycles. The van der Waals surface area contributed by atoms with E-state index in [1.165, 1.54) is 11.1 Å². The average molecular weight is 346 g/mol. The fraction of sp³-hybridized carbons (Fsp3) is 0.333. The van der Waals surface area contributed by atoms with Gasteiger partial charge in [0, 0.05) is 22.1 Å². The Morgan fingerprint density at radius 3 is 2.62 bits per heavy atom. The molecule has 0 radical (unpaired) electrons. The van der Waals surface area contributed by atoms with Gasteiger partial charge in [-0.2, -0.15) is 0 Å². The van der Waals surface area contributed by atoms with Crippen LogP contribution in [0.15, 0.2) is 46.9 Å². The molecule has 1 aliphatic heterocycles. The minimum atomic E-state index is 0.302. The SMILES string of the molecule is CC(C)c1ccc(NC2CCOc3ccc(Br)cc32)cc1. The van der Waals surface area contributed by atoms with Crippen LogP contribution >= 0.6 is 15.9 Å². The third-order valence-electron chi connectivity index (χ3n) is 3.93. The molecule has 3 heteroatoms. The molecule has 1 unspecified atom stereocenters. The number of halogens is 1. The molecule has 0 aliphatic carbocycles. The van der Waals surface area contributed by atoms with E-state index in [4.69, 9.17) is 4.74 Å². The monoisotopic (exact) mass is 345 g/mol. The first-order valence-electron chi connectivity index (χ1n) is 7.42. The summed E-state index contributed by atoms with van der Waals surface area (Å²) in [5, 5.41) is 3.63. The summed E-state index contributed by atoms with van der Waals surface area (Å²) in [6.45, 7) is 5.19. The molecule has 110 valence electrons. The molecule has 2 nitrogen and oxygen atoms in total. The lowest BCUT2D eigenvalue weighted by Crippen LogP contribution is -2.20. The zero-order valence-corrected chi connectivity index (χ0v) is 14.0. The van der Waals surface area contributed by atoms with Gasteiger partial charge in [-0.05, 0) is 41.8 Å². The van der Waals surface area contributed by atoms with Crippen LogP contribution in [0.4, 0.5) is 5.69 Å². The first kappa shape index (κ1) is 14.5. The maximum Gasteiger partial charge on any atom is 0.124 e. The molecule has 0 spiro atoms. The van der Waals surface area contributed by atoms with E-state index in [0.29, 0.717) is 12.0 Å². The third kappa shape index (κ3) is 3.24. The van der Waals surface area contributed by atoms with Crippen LogP contribution in [0.2, 0.25) is 0 Å². The highest BCUT2D eigenvalue weighted by Crippen LogP contribution is 2.36. The van der Waals surface area contributed by atoms with Crippen molar-refractivity contribution in [3.8, 4) is 5.75 Å². The van der Waals surface area contributed by atoms with Gasteiger partial charge in [-0.25, -0.2) is 0 Å². The molecule has 0 saturated carbocycles. The molecular weight excluding hydrogens is 326 g/mol. The van der Waals surface area contributed by atoms with E-state index in [2.05, 4.69) is 65.4 Å². The number of ether oxygens (including phenoxy) is 1. The molecule has 0 fully saturated rings. The zero-order chi connectivity index (χ0) is 14.8. The van der Waals surface area contributed by atoms with Crippen molar-refractivity contribution in [1.82, 2.24) is 0 Å². The summed E-state index contributed by atoms with van der Waals surface area (Å²) < 4.78 is 6.83. The molecular formula is C18H20BrNO. The second-order valence-corrected chi connectivity index (χ2v) is 6.71. The Balaban J connectivity index is 1.81. The molecule has 1 atom stereocenters. The van der Waals surface area contributed by atoms with Crippen LogP contribution in [0.25, 0.3) is 0 Å². The van der Waals surface area contributed by atoms with Crippen molar-refractivity contribution in [2.24, 2.45) is 0 Å². The van der Waals surface area contributed by atoms with Gasteiger partial charge in [-0.15, -0.1) is 0 Å². The van der Waals surface area contributed by atoms with E-state index in [1.54, 1.807) is 0 Å². The zero-order valence-electron chi connectivity index (χ0n) is 12.4. The lowest BCUT2D eigenvalue weighted by molar-refractivity contribution is 0.274. The second-order valence-electron chi connectivity index (χ2n) is 5.79. The van der Waals surface area contributed by atoms with Crippen LogP contribution in [-0.4, -0.2) is 6.61 Å². The van der Waals surface area contributed by atoms with Crippen molar-refractivity contribution < 1.29 is 4.74 Å². The Hall–Kier alpha value is -1.48. The first-order chi connectivity index (χ1) is 10.1. The Kier molecular flexibility index (Phi) is 4.20. The number of anilines is 1. The number of nitrogens with one attached hydrogen (secondary N) is 1. The van der Waals surface area contributed by atoms with E-state index in [-0.39, 0.29) is 0 Å². The minimum Gasteiger partial charge on any atom is -0.493 e. The fourth-order valence-electron chi connectivity index (χ4n) is 2.68. The molecule has 0 aromatic heterocycles. The molecule has 0 bridgehead atoms. The lowest BCUT2D eigenvalue weighted by atomic mass is 9.99. The third-order valence-corrected chi connectivity index (χ3v) is 4.42. The van der Waals surface area contributed by atoms with Gasteiger partial charge in [0.1, 0.15) is 5.75 Å². The smallest absolute Gasteiger partial charge is 0.124 e. The molecule has 21 heavy (non-hydrogen) atoms. The highest BCUT2D eigenvalue weighted by Gasteiger charge is 2.21. The van der Waals surface area contributed by atoms with Crippen LogP contribution in [0.1, 0.15) is 43.4 Å². The van der Waals surface area contributed by atoms with Crippen molar-refractivity contribution in [2.45, 2.75) is 32.2 Å². The molecule has 2 aromatic rings. The molecule has 1 aliphatic rings. The summed E-state index contributed by atoms with van der Waals surface area (Å²) in [6, 6.07) is 15.3. The Labute approximate surface area is 134 Å². The lowest BCUT2D eigenvalue weighted by Gasteiger charge is -2.27. The van der Waals surface area contributed by atoms with E-state index >= 15 is 0 Å². The summed E-state index contributed by atoms with van der Waals surface area (Å²) in [7, 11) is 0. The molecule has 1 heterocycles. The maximum absolute atomic E-state index is 5.74. The predicted molar refractivity (Wildman–Crippen MR) is 91.1 cm³/mol. The Bertz CT molecular complexity index is 622. The maximum atomic E-state index is 5.74. The van der Waals surface area contributed by atoms with E-state index in [9.17, 15) is 0 Å². The van der Waals surface area contributed by atoms with Gasteiger partial charge in [-0.1, -0.05) is 41.9 Å². The molecule has 0 amide bonds. The summed E-state index contributed by atoms with van der Waals surface area (Å²) >= 11 is 3.55. The first-order valence-corrected chi connectivity index (χ1v) is 8.21. The molecule has 1 N–H and O–H groups in total. The number of rotatable bonds is 3. The van der Waals surface area contributed by atoms with Crippen molar-refractivity contribution in [3.63, 3.8) is 0 Å². The van der Waals surface area contributed by atoms with Gasteiger partial charge in [-0.3, -0.25) is 0 Å². The topological polar surface area (TPSA) is 21.3 Å². The second kappa shape index (κ2) is 6.10. The quantitative estimate of drug-likeness (QED) is 0.791. The van der Waals surface area contributed by atoms with Crippen LogP contribution in [0, 0.1) is 0 Å². The van der Waals surface area contributed by atoms with Crippen LogP contribution in [-0.2, 0) is 0 Å². The fourth-order valence-corrected chi connectivity index (χ4v) is 3.06.